The molecule has 0 aliphatic heterocycles. The van der Waals surface area contributed by atoms with E-state index >= 15 is 0 Å². The van der Waals surface area contributed by atoms with Crippen molar-refractivity contribution in [2.45, 2.75) is 46.7 Å². The van der Waals surface area contributed by atoms with E-state index in [1.54, 1.807) is 25.1 Å². The molecular formula is C24H32ClN3O4S. The summed E-state index contributed by atoms with van der Waals surface area (Å²) in [7, 11) is -3.78. The second-order valence-corrected chi connectivity index (χ2v) is 10.4. The van der Waals surface area contributed by atoms with Crippen LogP contribution in [0.25, 0.3) is 0 Å². The van der Waals surface area contributed by atoms with Crippen LogP contribution in [-0.2, 0) is 26.2 Å². The highest BCUT2D eigenvalue weighted by molar-refractivity contribution is 7.92. The number of nitrogens with one attached hydrogen (secondary N) is 1. The van der Waals surface area contributed by atoms with Crippen molar-refractivity contribution in [2.75, 3.05) is 23.7 Å². The highest BCUT2D eigenvalue weighted by Gasteiger charge is 2.31. The van der Waals surface area contributed by atoms with E-state index in [1.807, 2.05) is 45.0 Å². The SMILES string of the molecule is CCNC(=O)[C@@H](CC)N(Cc1ccc(C)cc1)C(=O)CN(c1ccc(Cl)cc1C)S(C)(=O)=O. The van der Waals surface area contributed by atoms with Crippen LogP contribution in [0.4, 0.5) is 5.69 Å². The van der Waals surface area contributed by atoms with Crippen molar-refractivity contribution in [1.29, 1.82) is 0 Å². The number of aryl methyl sites for hydroxylation is 2. The van der Waals surface area contributed by atoms with E-state index < -0.39 is 28.5 Å². The fourth-order valence-electron chi connectivity index (χ4n) is 3.60. The van der Waals surface area contributed by atoms with Gasteiger partial charge in [-0.05, 0) is 56.5 Å². The van der Waals surface area contributed by atoms with Crippen LogP contribution in [0.5, 0.6) is 0 Å². The summed E-state index contributed by atoms with van der Waals surface area (Å²) in [5, 5.41) is 3.25. The summed E-state index contributed by atoms with van der Waals surface area (Å²) in [6, 6.07) is 11.8. The molecule has 0 saturated carbocycles. The van der Waals surface area contributed by atoms with E-state index in [4.69, 9.17) is 11.6 Å². The van der Waals surface area contributed by atoms with Gasteiger partial charge in [0.25, 0.3) is 0 Å². The minimum absolute atomic E-state index is 0.186. The average Bonchev–Trinajstić information content (AvgIpc) is 2.73. The molecule has 0 saturated heterocycles. The quantitative estimate of drug-likeness (QED) is 0.547. The highest BCUT2D eigenvalue weighted by Crippen LogP contribution is 2.26. The molecule has 2 aromatic carbocycles. The van der Waals surface area contributed by atoms with E-state index in [1.165, 1.54) is 4.90 Å². The molecule has 7 nitrogen and oxygen atoms in total. The smallest absolute Gasteiger partial charge is 0.244 e. The minimum atomic E-state index is -3.78. The molecule has 0 heterocycles. The Hall–Kier alpha value is -2.58. The molecule has 1 N–H and O–H groups in total. The van der Waals surface area contributed by atoms with E-state index in [2.05, 4.69) is 5.32 Å². The minimum Gasteiger partial charge on any atom is -0.355 e. The Kier molecular flexibility index (Phi) is 9.31. The number of likely N-dealkylation sites (N-methyl/N-ethyl adjacent to an activating group) is 1. The van der Waals surface area contributed by atoms with Gasteiger partial charge in [0.2, 0.25) is 21.8 Å². The van der Waals surface area contributed by atoms with Crippen LogP contribution in [0.15, 0.2) is 42.5 Å². The van der Waals surface area contributed by atoms with Gasteiger partial charge in [-0.25, -0.2) is 8.42 Å². The maximum atomic E-state index is 13.5. The van der Waals surface area contributed by atoms with Gasteiger partial charge >= 0.3 is 0 Å². The number of nitrogens with zero attached hydrogens (tertiary/aromatic N) is 2. The number of halogens is 1. The molecule has 9 heteroatoms. The molecule has 0 aliphatic carbocycles. The van der Waals surface area contributed by atoms with Crippen LogP contribution in [0.2, 0.25) is 5.02 Å². The predicted octanol–water partition coefficient (Wildman–Crippen LogP) is 3.67. The summed E-state index contributed by atoms with van der Waals surface area (Å²) in [5.41, 5.74) is 2.93. The normalized spacial score (nSPS) is 12.2. The first-order chi connectivity index (χ1) is 15.5. The van der Waals surface area contributed by atoms with Crippen LogP contribution < -0.4 is 9.62 Å². The molecule has 0 spiro atoms. The van der Waals surface area contributed by atoms with Gasteiger partial charge in [0, 0.05) is 18.1 Å². The van der Waals surface area contributed by atoms with Gasteiger partial charge in [0.1, 0.15) is 12.6 Å². The molecule has 2 aromatic rings. The number of anilines is 1. The molecule has 0 radical (unpaired) electrons. The lowest BCUT2D eigenvalue weighted by atomic mass is 10.1. The molecule has 1 atom stereocenters. The van der Waals surface area contributed by atoms with E-state index in [9.17, 15) is 18.0 Å². The Morgan fingerprint density at radius 3 is 2.21 bits per heavy atom. The lowest BCUT2D eigenvalue weighted by Gasteiger charge is -2.33. The summed E-state index contributed by atoms with van der Waals surface area (Å²) < 4.78 is 26.3. The first-order valence-electron chi connectivity index (χ1n) is 10.8. The summed E-state index contributed by atoms with van der Waals surface area (Å²) in [6.45, 7) is 7.53. The van der Waals surface area contributed by atoms with Crippen LogP contribution in [0, 0.1) is 13.8 Å². The molecule has 0 unspecified atom stereocenters. The first-order valence-corrected chi connectivity index (χ1v) is 13.1. The molecule has 180 valence electrons. The second-order valence-electron chi connectivity index (χ2n) is 8.03. The van der Waals surface area contributed by atoms with Gasteiger partial charge < -0.3 is 10.2 Å². The van der Waals surface area contributed by atoms with E-state index in [-0.39, 0.29) is 12.5 Å². The number of hydrogen-bond donors (Lipinski definition) is 1. The fourth-order valence-corrected chi connectivity index (χ4v) is 4.73. The van der Waals surface area contributed by atoms with Gasteiger partial charge in [-0.15, -0.1) is 0 Å². The van der Waals surface area contributed by atoms with Gasteiger partial charge in [-0.2, -0.15) is 0 Å². The van der Waals surface area contributed by atoms with Crippen molar-refractivity contribution in [3.63, 3.8) is 0 Å². The third-order valence-corrected chi connectivity index (χ3v) is 6.68. The topological polar surface area (TPSA) is 86.8 Å². The molecular weight excluding hydrogens is 462 g/mol. The van der Waals surface area contributed by atoms with Crippen molar-refractivity contribution < 1.29 is 18.0 Å². The van der Waals surface area contributed by atoms with Gasteiger partial charge in [-0.3, -0.25) is 13.9 Å². The van der Waals surface area contributed by atoms with Gasteiger partial charge in [0.15, 0.2) is 0 Å². The Bertz CT molecular complexity index is 1090. The molecule has 2 rings (SSSR count). The Labute approximate surface area is 201 Å². The van der Waals surface area contributed by atoms with Gasteiger partial charge in [-0.1, -0.05) is 48.4 Å². The summed E-state index contributed by atoms with van der Waals surface area (Å²) >= 11 is 6.03. The Morgan fingerprint density at radius 1 is 1.06 bits per heavy atom. The molecule has 33 heavy (non-hydrogen) atoms. The monoisotopic (exact) mass is 493 g/mol. The standard InChI is InChI=1S/C24H32ClN3O4S/c1-6-21(24(30)26-7-2)27(15-19-10-8-17(3)9-11-19)23(29)16-28(33(5,31)32)22-13-12-20(25)14-18(22)4/h8-14,21H,6-7,15-16H2,1-5H3,(H,26,30)/t21-/m1/s1. The van der Waals surface area contributed by atoms with Crippen LogP contribution in [0.3, 0.4) is 0 Å². The van der Waals surface area contributed by atoms with Crippen LogP contribution in [-0.4, -0.2) is 50.5 Å². The fraction of sp³-hybridized carbons (Fsp3) is 0.417. The number of carbonyl (C=O) groups excluding carboxylic acids is 2. The second kappa shape index (κ2) is 11.5. The number of rotatable bonds is 10. The third-order valence-electron chi connectivity index (χ3n) is 5.32. The van der Waals surface area contributed by atoms with Crippen molar-refractivity contribution in [1.82, 2.24) is 10.2 Å². The maximum absolute atomic E-state index is 13.5. The van der Waals surface area contributed by atoms with Gasteiger partial charge in [0.05, 0.1) is 11.9 Å². The maximum Gasteiger partial charge on any atom is 0.244 e. The Balaban J connectivity index is 2.45. The van der Waals surface area contributed by atoms with E-state index in [0.717, 1.165) is 21.7 Å². The summed E-state index contributed by atoms with van der Waals surface area (Å²) in [4.78, 5) is 27.8. The highest BCUT2D eigenvalue weighted by atomic mass is 35.5. The molecule has 0 aromatic heterocycles. The predicted molar refractivity (Wildman–Crippen MR) is 133 cm³/mol. The zero-order chi connectivity index (χ0) is 24.8. The average molecular weight is 494 g/mol. The molecule has 2 amide bonds. The number of benzene rings is 2. The number of sulfonamides is 1. The lowest BCUT2D eigenvalue weighted by molar-refractivity contribution is -0.140. The molecule has 0 bridgehead atoms. The van der Waals surface area contributed by atoms with Crippen LogP contribution >= 0.6 is 11.6 Å². The summed E-state index contributed by atoms with van der Waals surface area (Å²) in [5.74, 6) is -0.734. The van der Waals surface area contributed by atoms with Crippen LogP contribution in [0.1, 0.15) is 37.0 Å². The summed E-state index contributed by atoms with van der Waals surface area (Å²) in [6.07, 6.45) is 1.45. The van der Waals surface area contributed by atoms with Crippen molar-refractivity contribution >= 4 is 39.1 Å². The zero-order valence-corrected chi connectivity index (χ0v) is 21.3. The zero-order valence-electron chi connectivity index (χ0n) is 19.8. The molecule has 0 fully saturated rings. The van der Waals surface area contributed by atoms with Crippen molar-refractivity contribution in [2.24, 2.45) is 0 Å². The Morgan fingerprint density at radius 2 is 1.70 bits per heavy atom. The largest absolute Gasteiger partial charge is 0.355 e. The number of carbonyl (C=O) groups is 2. The van der Waals surface area contributed by atoms with E-state index in [0.29, 0.717) is 29.2 Å². The third kappa shape index (κ3) is 7.20. The lowest BCUT2D eigenvalue weighted by Crippen LogP contribution is -2.52. The number of hydrogen-bond acceptors (Lipinski definition) is 4. The number of amides is 2. The first kappa shape index (κ1) is 26.7. The van der Waals surface area contributed by atoms with Crippen molar-refractivity contribution in [3.05, 3.63) is 64.2 Å². The van der Waals surface area contributed by atoms with Crippen molar-refractivity contribution in [3.8, 4) is 0 Å². The molecule has 0 aliphatic rings.